The van der Waals surface area contributed by atoms with Gasteiger partial charge in [-0.3, -0.25) is 0 Å². The van der Waals surface area contributed by atoms with Crippen LogP contribution in [0.4, 0.5) is 26.3 Å². The maximum absolute atomic E-state index is 11.8. The molecular formula is C14H10F6O2. The third-order valence-corrected chi connectivity index (χ3v) is 2.39. The van der Waals surface area contributed by atoms with Gasteiger partial charge in [0.05, 0.1) is 11.1 Å². The molecule has 0 aliphatic rings. The summed E-state index contributed by atoms with van der Waals surface area (Å²) < 4.78 is 71.0. The SMILES string of the molecule is Oc1ccc(C(F)(F)F)cc1.Oc1ccc(C(F)(F)F)cc1. The third-order valence-electron chi connectivity index (χ3n) is 2.39. The van der Waals surface area contributed by atoms with Crippen LogP contribution in [0, 0.1) is 0 Å². The number of rotatable bonds is 0. The zero-order valence-corrected chi connectivity index (χ0v) is 10.8. The molecular weight excluding hydrogens is 314 g/mol. The second-order valence-corrected chi connectivity index (χ2v) is 4.09. The van der Waals surface area contributed by atoms with Gasteiger partial charge in [-0.25, -0.2) is 0 Å². The van der Waals surface area contributed by atoms with E-state index in [0.29, 0.717) is 0 Å². The van der Waals surface area contributed by atoms with E-state index in [-0.39, 0.29) is 11.5 Å². The zero-order valence-electron chi connectivity index (χ0n) is 10.8. The summed E-state index contributed by atoms with van der Waals surface area (Å²) in [6.07, 6.45) is -8.65. The monoisotopic (exact) mass is 324 g/mol. The molecule has 0 spiro atoms. The summed E-state index contributed by atoms with van der Waals surface area (Å²) in [5.74, 6) is -0.337. The fraction of sp³-hybridized carbons (Fsp3) is 0.143. The van der Waals surface area contributed by atoms with Crippen molar-refractivity contribution in [2.24, 2.45) is 0 Å². The van der Waals surface area contributed by atoms with E-state index in [9.17, 15) is 26.3 Å². The first kappa shape index (κ1) is 17.7. The summed E-state index contributed by atoms with van der Waals surface area (Å²) in [6.45, 7) is 0. The summed E-state index contributed by atoms with van der Waals surface area (Å²) in [5, 5.41) is 17.3. The molecule has 0 aliphatic carbocycles. The Bertz CT molecular complexity index is 529. The second kappa shape index (κ2) is 6.59. The van der Waals surface area contributed by atoms with Crippen LogP contribution in [0.1, 0.15) is 11.1 Å². The highest BCUT2D eigenvalue weighted by atomic mass is 19.4. The summed E-state index contributed by atoms with van der Waals surface area (Å²) in [4.78, 5) is 0. The molecule has 0 saturated heterocycles. The lowest BCUT2D eigenvalue weighted by atomic mass is 10.2. The van der Waals surface area contributed by atoms with E-state index in [4.69, 9.17) is 10.2 Å². The Morgan fingerprint density at radius 2 is 0.727 bits per heavy atom. The lowest BCUT2D eigenvalue weighted by molar-refractivity contribution is -0.138. The van der Waals surface area contributed by atoms with E-state index in [2.05, 4.69) is 0 Å². The number of aromatic hydroxyl groups is 2. The molecule has 2 aromatic rings. The molecule has 0 unspecified atom stereocenters. The summed E-state index contributed by atoms with van der Waals surface area (Å²) >= 11 is 0. The molecule has 0 heterocycles. The molecule has 0 aliphatic heterocycles. The highest BCUT2D eigenvalue weighted by Gasteiger charge is 2.30. The Morgan fingerprint density at radius 1 is 0.500 bits per heavy atom. The standard InChI is InChI=1S/2C7H5F3O/c2*8-7(9,10)5-1-3-6(11)4-2-5/h2*1-4,11H. The van der Waals surface area contributed by atoms with Crippen molar-refractivity contribution < 1.29 is 36.6 Å². The van der Waals surface area contributed by atoms with Crippen molar-refractivity contribution in [3.63, 3.8) is 0 Å². The van der Waals surface area contributed by atoms with Gasteiger partial charge in [-0.2, -0.15) is 26.3 Å². The fourth-order valence-electron chi connectivity index (χ4n) is 1.30. The lowest BCUT2D eigenvalue weighted by Gasteiger charge is -2.04. The normalized spacial score (nSPS) is 11.5. The topological polar surface area (TPSA) is 40.5 Å². The first-order valence-corrected chi connectivity index (χ1v) is 5.72. The highest BCUT2D eigenvalue weighted by molar-refractivity contribution is 5.28. The molecule has 2 N–H and O–H groups in total. The minimum Gasteiger partial charge on any atom is -0.508 e. The van der Waals surface area contributed by atoms with Crippen LogP contribution in [0.25, 0.3) is 0 Å². The molecule has 0 aromatic heterocycles. The molecule has 0 atom stereocenters. The van der Waals surface area contributed by atoms with Crippen LogP contribution < -0.4 is 0 Å². The van der Waals surface area contributed by atoms with E-state index in [1.165, 1.54) is 0 Å². The first-order chi connectivity index (χ1) is 10.00. The van der Waals surface area contributed by atoms with E-state index in [1.807, 2.05) is 0 Å². The fourth-order valence-corrected chi connectivity index (χ4v) is 1.30. The maximum atomic E-state index is 11.8. The van der Waals surface area contributed by atoms with Gasteiger partial charge >= 0.3 is 12.4 Å². The summed E-state index contributed by atoms with van der Waals surface area (Å²) in [5.41, 5.74) is -1.51. The van der Waals surface area contributed by atoms with Crippen molar-refractivity contribution in [2.45, 2.75) is 12.4 Å². The van der Waals surface area contributed by atoms with Crippen LogP contribution in [0.3, 0.4) is 0 Å². The van der Waals surface area contributed by atoms with Gasteiger partial charge in [0.25, 0.3) is 0 Å². The molecule has 0 saturated carbocycles. The number of alkyl halides is 6. The van der Waals surface area contributed by atoms with E-state index < -0.39 is 23.5 Å². The van der Waals surface area contributed by atoms with Crippen LogP contribution in [-0.2, 0) is 12.4 Å². The number of halogens is 6. The third kappa shape index (κ3) is 5.55. The minimum absolute atomic E-state index is 0.169. The van der Waals surface area contributed by atoms with Crippen molar-refractivity contribution in [1.29, 1.82) is 0 Å². The quantitative estimate of drug-likeness (QED) is 0.682. The summed E-state index contributed by atoms with van der Waals surface area (Å²) in [7, 11) is 0. The van der Waals surface area contributed by atoms with E-state index in [1.54, 1.807) is 0 Å². The van der Waals surface area contributed by atoms with Gasteiger partial charge in [0.1, 0.15) is 11.5 Å². The number of phenolic OH excluding ortho intramolecular Hbond substituents is 2. The van der Waals surface area contributed by atoms with Gasteiger partial charge in [0.15, 0.2) is 0 Å². The Kier molecular flexibility index (Phi) is 5.29. The Morgan fingerprint density at radius 3 is 0.909 bits per heavy atom. The zero-order chi connectivity index (χ0) is 17.0. The van der Waals surface area contributed by atoms with Gasteiger partial charge < -0.3 is 10.2 Å². The van der Waals surface area contributed by atoms with Crippen molar-refractivity contribution in [3.05, 3.63) is 59.7 Å². The highest BCUT2D eigenvalue weighted by Crippen LogP contribution is 2.30. The maximum Gasteiger partial charge on any atom is 0.416 e. The van der Waals surface area contributed by atoms with Crippen molar-refractivity contribution in [2.75, 3.05) is 0 Å². The molecule has 2 rings (SSSR count). The predicted octanol–water partition coefficient (Wildman–Crippen LogP) is 4.82. The first-order valence-electron chi connectivity index (χ1n) is 5.72. The number of hydrogen-bond acceptors (Lipinski definition) is 2. The van der Waals surface area contributed by atoms with Gasteiger partial charge in [0.2, 0.25) is 0 Å². The predicted molar refractivity (Wildman–Crippen MR) is 66.2 cm³/mol. The van der Waals surface area contributed by atoms with Gasteiger partial charge in [0, 0.05) is 0 Å². The van der Waals surface area contributed by atoms with Crippen LogP contribution in [0.15, 0.2) is 48.5 Å². The molecule has 0 amide bonds. The van der Waals surface area contributed by atoms with Crippen LogP contribution >= 0.6 is 0 Å². The van der Waals surface area contributed by atoms with Crippen LogP contribution in [0.5, 0.6) is 11.5 Å². The molecule has 0 radical (unpaired) electrons. The lowest BCUT2D eigenvalue weighted by Crippen LogP contribution is -2.03. The minimum atomic E-state index is -4.33. The largest absolute Gasteiger partial charge is 0.508 e. The van der Waals surface area contributed by atoms with Crippen molar-refractivity contribution >= 4 is 0 Å². The average molecular weight is 324 g/mol. The second-order valence-electron chi connectivity index (χ2n) is 4.09. The Balaban J connectivity index is 0.000000220. The average Bonchev–Trinajstić information content (AvgIpc) is 2.38. The number of phenols is 2. The molecule has 22 heavy (non-hydrogen) atoms. The number of hydrogen-bond donors (Lipinski definition) is 2. The Hall–Kier alpha value is -2.38. The number of benzene rings is 2. The van der Waals surface area contributed by atoms with Crippen molar-refractivity contribution in [1.82, 2.24) is 0 Å². The molecule has 2 aromatic carbocycles. The molecule has 2 nitrogen and oxygen atoms in total. The molecule has 0 fully saturated rings. The van der Waals surface area contributed by atoms with Gasteiger partial charge in [-0.05, 0) is 48.5 Å². The summed E-state index contributed by atoms with van der Waals surface area (Å²) in [6, 6.07) is 7.33. The molecule has 8 heteroatoms. The molecule has 0 bridgehead atoms. The van der Waals surface area contributed by atoms with E-state index in [0.717, 1.165) is 48.5 Å². The van der Waals surface area contributed by atoms with E-state index >= 15 is 0 Å². The van der Waals surface area contributed by atoms with Gasteiger partial charge in [-0.1, -0.05) is 0 Å². The van der Waals surface area contributed by atoms with Crippen LogP contribution in [-0.4, -0.2) is 10.2 Å². The van der Waals surface area contributed by atoms with Crippen LogP contribution in [0.2, 0.25) is 0 Å². The smallest absolute Gasteiger partial charge is 0.416 e. The van der Waals surface area contributed by atoms with Gasteiger partial charge in [-0.15, -0.1) is 0 Å². The molecule has 120 valence electrons. The Labute approximate surface area is 121 Å². The van der Waals surface area contributed by atoms with Crippen molar-refractivity contribution in [3.8, 4) is 11.5 Å².